The number of imide groups is 1. The van der Waals surface area contributed by atoms with Crippen molar-refractivity contribution in [2.75, 3.05) is 26.2 Å². The van der Waals surface area contributed by atoms with Crippen LogP contribution < -0.4 is 16.3 Å². The molecule has 1 unspecified atom stereocenters. The molecule has 16 heteroatoms. The van der Waals surface area contributed by atoms with E-state index in [0.29, 0.717) is 49.5 Å². The number of piperidine rings is 2. The van der Waals surface area contributed by atoms with Crippen LogP contribution >= 0.6 is 0 Å². The van der Waals surface area contributed by atoms with Crippen LogP contribution in [0.5, 0.6) is 5.75 Å². The van der Waals surface area contributed by atoms with Gasteiger partial charge in [-0.15, -0.1) is 0 Å². The van der Waals surface area contributed by atoms with Gasteiger partial charge in [0, 0.05) is 57.7 Å². The molecule has 0 bridgehead atoms. The molecule has 2 aliphatic heterocycles. The number of rotatable bonds is 10. The van der Waals surface area contributed by atoms with Crippen molar-refractivity contribution in [3.63, 3.8) is 0 Å². The third kappa shape index (κ3) is 7.73. The molecular weight excluding hydrogens is 758 g/mol. The van der Waals surface area contributed by atoms with Crippen molar-refractivity contribution in [3.05, 3.63) is 93.3 Å². The van der Waals surface area contributed by atoms with Crippen molar-refractivity contribution in [3.8, 4) is 5.75 Å². The van der Waals surface area contributed by atoms with Gasteiger partial charge in [0.1, 0.15) is 11.7 Å². The van der Waals surface area contributed by atoms with Crippen LogP contribution in [-0.2, 0) is 29.5 Å². The van der Waals surface area contributed by atoms with Crippen LogP contribution in [0.4, 0.5) is 17.6 Å². The van der Waals surface area contributed by atoms with E-state index >= 15 is 4.39 Å². The monoisotopic (exact) mass is 803 g/mol. The Bertz CT molecular complexity index is 2480. The summed E-state index contributed by atoms with van der Waals surface area (Å²) in [7, 11) is 1.68. The third-order valence-electron chi connectivity index (χ3n) is 12.4. The summed E-state index contributed by atoms with van der Waals surface area (Å²) >= 11 is 0. The fourth-order valence-corrected chi connectivity index (χ4v) is 8.88. The Kier molecular flexibility index (Phi) is 10.6. The Labute approximate surface area is 330 Å². The van der Waals surface area contributed by atoms with Crippen LogP contribution in [-0.4, -0.2) is 78.5 Å². The van der Waals surface area contributed by atoms with Crippen molar-refractivity contribution in [2.24, 2.45) is 13.0 Å². The average Bonchev–Trinajstić information content (AvgIpc) is 3.74. The van der Waals surface area contributed by atoms with E-state index < -0.39 is 52.3 Å². The number of phenolic OH excluding ortho intramolecular Hbond substituents is 1. The maximum Gasteiger partial charge on any atom is 0.329 e. The molecule has 3 amide bonds. The Hall–Kier alpha value is -5.51. The molecule has 1 aliphatic carbocycles. The zero-order valence-corrected chi connectivity index (χ0v) is 32.1. The van der Waals surface area contributed by atoms with Gasteiger partial charge in [0.25, 0.3) is 5.91 Å². The minimum atomic E-state index is -1.80. The molecule has 3 aromatic carbocycles. The Morgan fingerprint density at radius 1 is 0.948 bits per heavy atom. The number of imidazole rings is 1. The predicted molar refractivity (Wildman–Crippen MR) is 207 cm³/mol. The molecule has 0 radical (unpaired) electrons. The number of nitrogens with zero attached hydrogens (tertiary/aromatic N) is 5. The summed E-state index contributed by atoms with van der Waals surface area (Å²) in [6, 6.07) is 11.6. The second-order valence-electron chi connectivity index (χ2n) is 16.2. The van der Waals surface area contributed by atoms with Gasteiger partial charge in [-0.2, -0.15) is 9.49 Å². The van der Waals surface area contributed by atoms with Crippen molar-refractivity contribution in [1.82, 2.24) is 34.4 Å². The number of carbonyl (C=O) groups excluding carboxylic acids is 3. The van der Waals surface area contributed by atoms with E-state index in [-0.39, 0.29) is 42.9 Å². The standard InChI is InChI=1S/C42H45F4N7O5/c1-50-34-19-24(5-9-32(34)53(41(50)58)33-10-11-35(54)48-40(33)57)12-15-51-16-13-42(46,14-17-51)21-26-2-6-27-23-52(49-31(27)18-26)28-7-3-25(4-8-28)22-47-39(56)29-20-30(43)38(55)37(45)36(29)44/h2,5-6,9,18-20,23,25,28,33,55H,3-4,7-8,10-17,21-22H2,1H3,(H,47,56)(H,48,54,57)/t25-,28-,33?. The largest absolute Gasteiger partial charge is 0.503 e. The van der Waals surface area contributed by atoms with E-state index in [1.165, 1.54) is 9.13 Å². The SMILES string of the molecule is Cn1c(=O)n(C2CCC(=O)NC2=O)c2ccc(CCN3CCC(F)(Cc4ccc5cn([C@H]6CC[C@H](CNC(=O)c7cc(F)c(O)c(F)c7F)CC6)nc5c4)CC3)cc21. The predicted octanol–water partition coefficient (Wildman–Crippen LogP) is 5.54. The summed E-state index contributed by atoms with van der Waals surface area (Å²) in [6.07, 6.45) is 7.37. The molecule has 3 fully saturated rings. The van der Waals surface area contributed by atoms with Gasteiger partial charge in [-0.25, -0.2) is 18.0 Å². The average molecular weight is 804 g/mol. The van der Waals surface area contributed by atoms with Gasteiger partial charge in [0.2, 0.25) is 17.6 Å². The summed E-state index contributed by atoms with van der Waals surface area (Å²) in [5.41, 5.74) is 1.64. The zero-order valence-electron chi connectivity index (χ0n) is 32.1. The lowest BCUT2D eigenvalue weighted by Gasteiger charge is -2.36. The summed E-state index contributed by atoms with van der Waals surface area (Å²) in [5, 5.41) is 19.9. The lowest BCUT2D eigenvalue weighted by Crippen LogP contribution is -2.44. The van der Waals surface area contributed by atoms with Crippen molar-refractivity contribution in [2.45, 2.75) is 82.0 Å². The molecule has 3 N–H and O–H groups in total. The van der Waals surface area contributed by atoms with Crippen molar-refractivity contribution >= 4 is 39.7 Å². The highest BCUT2D eigenvalue weighted by atomic mass is 19.2. The Morgan fingerprint density at radius 2 is 1.69 bits per heavy atom. The van der Waals surface area contributed by atoms with Gasteiger partial charge >= 0.3 is 5.69 Å². The van der Waals surface area contributed by atoms with E-state index in [0.717, 1.165) is 60.7 Å². The molecule has 58 heavy (non-hydrogen) atoms. The molecule has 8 rings (SSSR count). The van der Waals surface area contributed by atoms with Crippen LogP contribution in [0.2, 0.25) is 0 Å². The first-order valence-corrected chi connectivity index (χ1v) is 19.8. The van der Waals surface area contributed by atoms with Gasteiger partial charge in [-0.3, -0.25) is 33.5 Å². The number of halogens is 4. The van der Waals surface area contributed by atoms with E-state index in [1.54, 1.807) is 7.05 Å². The summed E-state index contributed by atoms with van der Waals surface area (Å²) in [4.78, 5) is 52.0. The first-order valence-electron chi connectivity index (χ1n) is 19.8. The van der Waals surface area contributed by atoms with Gasteiger partial charge in [0.15, 0.2) is 17.4 Å². The zero-order chi connectivity index (χ0) is 40.9. The molecule has 3 aliphatic rings. The number of nitrogens with one attached hydrogen (secondary N) is 2. The summed E-state index contributed by atoms with van der Waals surface area (Å²) in [6.45, 7) is 2.20. The maximum atomic E-state index is 16.2. The highest BCUT2D eigenvalue weighted by molar-refractivity contribution is 6.00. The van der Waals surface area contributed by atoms with E-state index in [9.17, 15) is 37.5 Å². The molecule has 2 saturated heterocycles. The highest BCUT2D eigenvalue weighted by Crippen LogP contribution is 2.35. The number of phenols is 1. The minimum absolute atomic E-state index is 0.0896. The molecular formula is C42H45F4N7O5. The molecule has 2 aromatic heterocycles. The van der Waals surface area contributed by atoms with Crippen LogP contribution in [0.15, 0.2) is 53.5 Å². The number of aromatic hydroxyl groups is 1. The number of hydrogen-bond acceptors (Lipinski definition) is 7. The lowest BCUT2D eigenvalue weighted by atomic mass is 9.86. The highest BCUT2D eigenvalue weighted by Gasteiger charge is 2.35. The van der Waals surface area contributed by atoms with Crippen LogP contribution in [0.1, 0.15) is 84.9 Å². The maximum absolute atomic E-state index is 16.2. The number of alkyl halides is 1. The number of amides is 3. The number of hydrogen-bond donors (Lipinski definition) is 3. The van der Waals surface area contributed by atoms with Crippen LogP contribution in [0.3, 0.4) is 0 Å². The summed E-state index contributed by atoms with van der Waals surface area (Å²) in [5.74, 6) is -7.92. The van der Waals surface area contributed by atoms with Crippen LogP contribution in [0, 0.1) is 23.4 Å². The van der Waals surface area contributed by atoms with Crippen molar-refractivity contribution < 1.29 is 37.1 Å². The van der Waals surface area contributed by atoms with Crippen LogP contribution in [0.25, 0.3) is 21.9 Å². The molecule has 5 aromatic rings. The number of benzene rings is 3. The second kappa shape index (κ2) is 15.7. The molecule has 4 heterocycles. The third-order valence-corrected chi connectivity index (χ3v) is 12.4. The van der Waals surface area contributed by atoms with E-state index in [1.807, 2.05) is 47.3 Å². The number of aryl methyl sites for hydroxylation is 1. The fourth-order valence-electron chi connectivity index (χ4n) is 8.88. The van der Waals surface area contributed by atoms with Gasteiger partial charge in [-0.1, -0.05) is 18.2 Å². The van der Waals surface area contributed by atoms with Gasteiger partial charge in [-0.05, 0) is 92.7 Å². The Morgan fingerprint density at radius 3 is 2.43 bits per heavy atom. The summed E-state index contributed by atoms with van der Waals surface area (Å²) < 4.78 is 62.8. The number of likely N-dealkylation sites (tertiary alicyclic amines) is 1. The molecule has 306 valence electrons. The fraction of sp³-hybridized carbons (Fsp3) is 0.452. The van der Waals surface area contributed by atoms with Crippen molar-refractivity contribution in [1.29, 1.82) is 0 Å². The lowest BCUT2D eigenvalue weighted by molar-refractivity contribution is -0.135. The number of fused-ring (bicyclic) bond motifs is 2. The molecule has 12 nitrogen and oxygen atoms in total. The number of carbonyl (C=O) groups is 3. The molecule has 0 spiro atoms. The quantitative estimate of drug-likeness (QED) is 0.0957. The van der Waals surface area contributed by atoms with E-state index in [4.69, 9.17) is 5.10 Å². The Balaban J connectivity index is 0.816. The first kappa shape index (κ1) is 39.3. The molecule has 1 saturated carbocycles. The minimum Gasteiger partial charge on any atom is -0.503 e. The second-order valence-corrected chi connectivity index (χ2v) is 16.2. The van der Waals surface area contributed by atoms with Gasteiger partial charge in [0.05, 0.1) is 28.2 Å². The normalized spacial score (nSPS) is 21.4. The topological polar surface area (TPSA) is 143 Å². The van der Waals surface area contributed by atoms with Gasteiger partial charge < -0.3 is 15.3 Å². The number of aromatic nitrogens is 4. The molecule has 1 atom stereocenters. The van der Waals surface area contributed by atoms with E-state index in [2.05, 4.69) is 15.5 Å². The first-order chi connectivity index (χ1) is 27.8. The smallest absolute Gasteiger partial charge is 0.329 e.